The van der Waals surface area contributed by atoms with Gasteiger partial charge in [-0.3, -0.25) is 14.7 Å². The second-order valence-corrected chi connectivity index (χ2v) is 6.65. The van der Waals surface area contributed by atoms with Gasteiger partial charge in [0.1, 0.15) is 11.6 Å². The highest BCUT2D eigenvalue weighted by Crippen LogP contribution is 2.25. The number of aliphatic carboxylic acids is 1. The van der Waals surface area contributed by atoms with E-state index in [0.717, 1.165) is 0 Å². The number of nitrogens with zero attached hydrogens (tertiary/aromatic N) is 2. The van der Waals surface area contributed by atoms with Crippen LogP contribution < -0.4 is 5.32 Å². The van der Waals surface area contributed by atoms with Gasteiger partial charge in [0.05, 0.1) is 0 Å². The minimum Gasteiger partial charge on any atom is -0.480 e. The molecule has 2 heterocycles. The van der Waals surface area contributed by atoms with Crippen molar-refractivity contribution in [3.05, 3.63) is 30.1 Å². The molecule has 0 spiro atoms. The minimum atomic E-state index is -0.920. The molecule has 1 aliphatic rings. The average Bonchev–Trinajstić information content (AvgIpc) is 2.85. The third-order valence-corrected chi connectivity index (χ3v) is 3.54. The fourth-order valence-corrected chi connectivity index (χ4v) is 2.66. The van der Waals surface area contributed by atoms with E-state index in [4.69, 9.17) is 4.74 Å². The van der Waals surface area contributed by atoms with Crippen LogP contribution in [-0.4, -0.2) is 51.8 Å². The number of rotatable bonds is 4. The molecule has 0 bridgehead atoms. The molecule has 2 atom stereocenters. The number of ether oxygens (including phenoxy) is 1. The Morgan fingerprint density at radius 2 is 2.22 bits per heavy atom. The van der Waals surface area contributed by atoms with Gasteiger partial charge < -0.3 is 15.2 Å². The van der Waals surface area contributed by atoms with Crippen LogP contribution in [0.3, 0.4) is 0 Å². The summed E-state index contributed by atoms with van der Waals surface area (Å²) in [5.74, 6) is -0.920. The predicted molar refractivity (Wildman–Crippen MR) is 84.0 cm³/mol. The second-order valence-electron chi connectivity index (χ2n) is 6.65. The maximum absolute atomic E-state index is 11.8. The first-order chi connectivity index (χ1) is 10.8. The Morgan fingerprint density at radius 1 is 1.48 bits per heavy atom. The number of hydrogen-bond donors (Lipinski definition) is 2. The maximum atomic E-state index is 11.8. The van der Waals surface area contributed by atoms with E-state index in [-0.39, 0.29) is 6.04 Å². The molecule has 7 nitrogen and oxygen atoms in total. The fourth-order valence-electron chi connectivity index (χ4n) is 2.66. The highest BCUT2D eigenvalue weighted by atomic mass is 16.6. The highest BCUT2D eigenvalue weighted by molar-refractivity contribution is 5.75. The van der Waals surface area contributed by atoms with Crippen molar-refractivity contribution in [2.45, 2.75) is 44.9 Å². The lowest BCUT2D eigenvalue weighted by molar-refractivity contribution is -0.143. The van der Waals surface area contributed by atoms with Crippen molar-refractivity contribution in [2.75, 3.05) is 13.1 Å². The largest absolute Gasteiger partial charge is 0.480 e. The quantitative estimate of drug-likeness (QED) is 0.879. The van der Waals surface area contributed by atoms with Gasteiger partial charge >= 0.3 is 12.1 Å². The normalized spacial score (nSPS) is 20.0. The van der Waals surface area contributed by atoms with Crippen LogP contribution in [0.4, 0.5) is 4.79 Å². The molecule has 0 saturated carbocycles. The summed E-state index contributed by atoms with van der Waals surface area (Å²) in [4.78, 5) is 29.3. The van der Waals surface area contributed by atoms with E-state index in [2.05, 4.69) is 10.3 Å². The summed E-state index contributed by atoms with van der Waals surface area (Å²) >= 11 is 0. The molecular weight excluding hydrogens is 298 g/mol. The van der Waals surface area contributed by atoms with Crippen molar-refractivity contribution in [1.29, 1.82) is 0 Å². The first-order valence-electron chi connectivity index (χ1n) is 7.62. The molecule has 1 aromatic heterocycles. The Bertz CT molecular complexity index is 556. The summed E-state index contributed by atoms with van der Waals surface area (Å²) in [6.45, 7) is 6.46. The van der Waals surface area contributed by atoms with Crippen molar-refractivity contribution in [1.82, 2.24) is 15.2 Å². The van der Waals surface area contributed by atoms with E-state index >= 15 is 0 Å². The number of likely N-dealkylation sites (tertiary alicyclic amines) is 1. The number of hydrogen-bond acceptors (Lipinski definition) is 5. The summed E-state index contributed by atoms with van der Waals surface area (Å²) < 4.78 is 5.23. The lowest BCUT2D eigenvalue weighted by Crippen LogP contribution is -2.41. The van der Waals surface area contributed by atoms with Crippen molar-refractivity contribution in [3.8, 4) is 0 Å². The molecule has 0 radical (unpaired) electrons. The Labute approximate surface area is 135 Å². The minimum absolute atomic E-state index is 0.122. The topological polar surface area (TPSA) is 91.8 Å². The molecular formula is C16H23N3O4. The van der Waals surface area contributed by atoms with Gasteiger partial charge in [-0.1, -0.05) is 6.07 Å². The first kappa shape index (κ1) is 17.2. The zero-order valence-electron chi connectivity index (χ0n) is 13.7. The smallest absolute Gasteiger partial charge is 0.407 e. The summed E-state index contributed by atoms with van der Waals surface area (Å²) in [6, 6.07) is 2.59. The Morgan fingerprint density at radius 3 is 2.78 bits per heavy atom. The molecule has 2 N–H and O–H groups in total. The van der Waals surface area contributed by atoms with E-state index in [1.807, 2.05) is 4.90 Å². The number of carboxylic acids is 1. The molecule has 1 aliphatic heterocycles. The monoisotopic (exact) mass is 321 g/mol. The molecule has 7 heteroatoms. The SMILES string of the molecule is CC(C)(C)OC(=O)N[C@@H]1CCN([C@H](C(=O)O)c2cccnc2)C1. The zero-order valence-corrected chi connectivity index (χ0v) is 13.7. The summed E-state index contributed by atoms with van der Waals surface area (Å²) in [5, 5.41) is 12.3. The lowest BCUT2D eigenvalue weighted by Gasteiger charge is -2.25. The predicted octanol–water partition coefficient (Wildman–Crippen LogP) is 1.81. The standard InChI is InChI=1S/C16H23N3O4/c1-16(2,3)23-15(22)18-12-6-8-19(10-12)13(14(20)21)11-5-4-7-17-9-11/h4-5,7,9,12-13H,6,8,10H2,1-3H3,(H,18,22)(H,20,21)/t12-,13+/m1/s1. The number of carbonyl (C=O) groups excluding carboxylic acids is 1. The van der Waals surface area contributed by atoms with Crippen molar-refractivity contribution < 1.29 is 19.4 Å². The number of aromatic nitrogens is 1. The molecule has 0 unspecified atom stereocenters. The van der Waals surface area contributed by atoms with Crippen LogP contribution in [-0.2, 0) is 9.53 Å². The zero-order chi connectivity index (χ0) is 17.0. The first-order valence-corrected chi connectivity index (χ1v) is 7.62. The van der Waals surface area contributed by atoms with Crippen LogP contribution in [0.15, 0.2) is 24.5 Å². The Balaban J connectivity index is 1.98. The molecule has 1 saturated heterocycles. The van der Waals surface area contributed by atoms with Gasteiger partial charge in [-0.05, 0) is 38.8 Å². The van der Waals surface area contributed by atoms with Gasteiger partial charge in [0, 0.05) is 31.5 Å². The van der Waals surface area contributed by atoms with Gasteiger partial charge in [0.25, 0.3) is 0 Å². The van der Waals surface area contributed by atoms with Gasteiger partial charge in [-0.2, -0.15) is 0 Å². The molecule has 1 amide bonds. The van der Waals surface area contributed by atoms with E-state index < -0.39 is 23.7 Å². The third-order valence-electron chi connectivity index (χ3n) is 3.54. The van der Waals surface area contributed by atoms with Crippen LogP contribution in [0, 0.1) is 0 Å². The van der Waals surface area contributed by atoms with E-state index in [1.165, 1.54) is 0 Å². The fraction of sp³-hybridized carbons (Fsp3) is 0.562. The number of pyridine rings is 1. The third kappa shape index (κ3) is 4.92. The second kappa shape index (κ2) is 6.95. The molecule has 0 aliphatic carbocycles. The van der Waals surface area contributed by atoms with Crippen molar-refractivity contribution >= 4 is 12.1 Å². The van der Waals surface area contributed by atoms with E-state index in [0.29, 0.717) is 25.1 Å². The number of amides is 1. The highest BCUT2D eigenvalue weighted by Gasteiger charge is 2.34. The molecule has 1 fully saturated rings. The molecule has 1 aromatic rings. The van der Waals surface area contributed by atoms with Crippen LogP contribution in [0.5, 0.6) is 0 Å². The van der Waals surface area contributed by atoms with Gasteiger partial charge in [0.2, 0.25) is 0 Å². The van der Waals surface area contributed by atoms with Crippen LogP contribution in [0.1, 0.15) is 38.8 Å². The number of carboxylic acid groups (broad SMARTS) is 1. The number of carbonyl (C=O) groups is 2. The molecule has 23 heavy (non-hydrogen) atoms. The summed E-state index contributed by atoms with van der Waals surface area (Å²) in [7, 11) is 0. The summed E-state index contributed by atoms with van der Waals surface area (Å²) in [5.41, 5.74) is 0.0831. The van der Waals surface area contributed by atoms with Gasteiger partial charge in [-0.15, -0.1) is 0 Å². The maximum Gasteiger partial charge on any atom is 0.407 e. The lowest BCUT2D eigenvalue weighted by atomic mass is 10.1. The van der Waals surface area contributed by atoms with Crippen molar-refractivity contribution in [2.24, 2.45) is 0 Å². The molecule has 126 valence electrons. The van der Waals surface area contributed by atoms with E-state index in [1.54, 1.807) is 45.3 Å². The number of alkyl carbamates (subject to hydrolysis) is 1. The van der Waals surface area contributed by atoms with Crippen LogP contribution in [0.2, 0.25) is 0 Å². The van der Waals surface area contributed by atoms with Gasteiger partial charge in [-0.25, -0.2) is 4.79 Å². The van der Waals surface area contributed by atoms with Crippen molar-refractivity contribution in [3.63, 3.8) is 0 Å². The average molecular weight is 321 g/mol. The van der Waals surface area contributed by atoms with Gasteiger partial charge in [0.15, 0.2) is 0 Å². The Kier molecular flexibility index (Phi) is 5.20. The molecule has 2 rings (SSSR count). The number of nitrogens with one attached hydrogen (secondary N) is 1. The Hall–Kier alpha value is -2.15. The molecule has 0 aromatic carbocycles. The summed E-state index contributed by atoms with van der Waals surface area (Å²) in [6.07, 6.45) is 3.38. The van der Waals surface area contributed by atoms with Crippen LogP contribution >= 0.6 is 0 Å². The van der Waals surface area contributed by atoms with E-state index in [9.17, 15) is 14.7 Å². The van der Waals surface area contributed by atoms with Crippen LogP contribution in [0.25, 0.3) is 0 Å².